The van der Waals surface area contributed by atoms with Crippen molar-refractivity contribution in [1.29, 1.82) is 0 Å². The number of aromatic amines is 1. The summed E-state index contributed by atoms with van der Waals surface area (Å²) in [7, 11) is -2.15. The smallest absolute Gasteiger partial charge is 0.260 e. The van der Waals surface area contributed by atoms with Crippen molar-refractivity contribution in [2.75, 3.05) is 13.7 Å². The predicted molar refractivity (Wildman–Crippen MR) is 59.5 cm³/mol. The molecule has 0 aliphatic heterocycles. The Kier molecular flexibility index (Phi) is 4.06. The van der Waals surface area contributed by atoms with Gasteiger partial charge in [-0.15, -0.1) is 0 Å². The molecule has 0 saturated carbocycles. The summed E-state index contributed by atoms with van der Waals surface area (Å²) in [5.74, 6) is 0.628. The van der Waals surface area contributed by atoms with Crippen LogP contribution in [0.1, 0.15) is 19.7 Å². The van der Waals surface area contributed by atoms with Crippen LogP contribution < -0.4 is 0 Å². The molecular formula is C9H17N3O3S. The number of likely N-dealkylation sites (N-methyl/N-ethyl adjacent to an activating group) is 1. The van der Waals surface area contributed by atoms with Crippen LogP contribution in [-0.2, 0) is 16.4 Å². The minimum atomic E-state index is -3.58. The van der Waals surface area contributed by atoms with Crippen molar-refractivity contribution in [2.24, 2.45) is 0 Å². The van der Waals surface area contributed by atoms with E-state index in [2.05, 4.69) is 9.97 Å². The van der Waals surface area contributed by atoms with E-state index in [1.54, 1.807) is 6.92 Å². The van der Waals surface area contributed by atoms with Crippen molar-refractivity contribution in [3.05, 3.63) is 12.0 Å². The van der Waals surface area contributed by atoms with Gasteiger partial charge in [-0.1, -0.05) is 6.92 Å². The van der Waals surface area contributed by atoms with Crippen LogP contribution in [0.25, 0.3) is 0 Å². The quantitative estimate of drug-likeness (QED) is 0.765. The van der Waals surface area contributed by atoms with Crippen LogP contribution in [0.15, 0.2) is 11.2 Å². The number of aryl methyl sites for hydroxylation is 1. The first-order valence-corrected chi connectivity index (χ1v) is 6.50. The lowest BCUT2D eigenvalue weighted by atomic mass is 10.4. The number of imidazole rings is 1. The lowest BCUT2D eigenvalue weighted by Gasteiger charge is -2.21. The van der Waals surface area contributed by atoms with E-state index in [0.717, 1.165) is 4.31 Å². The van der Waals surface area contributed by atoms with Gasteiger partial charge in [0.2, 0.25) is 0 Å². The highest BCUT2D eigenvalue weighted by atomic mass is 32.2. The van der Waals surface area contributed by atoms with Gasteiger partial charge in [-0.05, 0) is 6.92 Å². The fourth-order valence-electron chi connectivity index (χ4n) is 1.16. The van der Waals surface area contributed by atoms with Gasteiger partial charge >= 0.3 is 0 Å². The molecule has 6 nitrogen and oxygen atoms in total. The van der Waals surface area contributed by atoms with E-state index < -0.39 is 16.1 Å². The van der Waals surface area contributed by atoms with E-state index in [4.69, 9.17) is 5.11 Å². The normalized spacial score (nSPS) is 14.3. The third-order valence-electron chi connectivity index (χ3n) is 2.48. The first kappa shape index (κ1) is 13.1. The third-order valence-corrected chi connectivity index (χ3v) is 4.36. The zero-order valence-electron chi connectivity index (χ0n) is 9.64. The molecule has 1 unspecified atom stereocenters. The minimum Gasteiger partial charge on any atom is -0.395 e. The summed E-state index contributed by atoms with van der Waals surface area (Å²) in [6.07, 6.45) is 1.95. The second-order valence-electron chi connectivity index (χ2n) is 3.60. The summed E-state index contributed by atoms with van der Waals surface area (Å²) >= 11 is 0. The summed E-state index contributed by atoms with van der Waals surface area (Å²) in [5.41, 5.74) is 0. The molecule has 1 rings (SSSR count). The largest absolute Gasteiger partial charge is 0.395 e. The SMILES string of the molecule is CCc1ncc(S(=O)(=O)N(C)C(C)CO)[nH]1. The summed E-state index contributed by atoms with van der Waals surface area (Å²) in [6, 6.07) is -0.460. The molecule has 7 heteroatoms. The number of hydrogen-bond donors (Lipinski definition) is 2. The van der Waals surface area contributed by atoms with Crippen molar-refractivity contribution in [1.82, 2.24) is 14.3 Å². The molecule has 92 valence electrons. The number of sulfonamides is 1. The zero-order chi connectivity index (χ0) is 12.3. The van der Waals surface area contributed by atoms with Gasteiger partial charge in [0.05, 0.1) is 12.8 Å². The average molecular weight is 247 g/mol. The maximum atomic E-state index is 12.0. The van der Waals surface area contributed by atoms with Gasteiger partial charge in [-0.25, -0.2) is 13.4 Å². The Hall–Kier alpha value is -0.920. The molecule has 16 heavy (non-hydrogen) atoms. The number of H-pyrrole nitrogens is 1. The molecule has 1 heterocycles. The summed E-state index contributed by atoms with van der Waals surface area (Å²) < 4.78 is 25.1. The van der Waals surface area contributed by atoms with Gasteiger partial charge in [0.1, 0.15) is 5.82 Å². The Bertz CT molecular complexity index is 441. The summed E-state index contributed by atoms with van der Waals surface area (Å²) in [5, 5.41) is 9.00. The number of aliphatic hydroxyl groups excluding tert-OH is 1. The second kappa shape index (κ2) is 4.94. The van der Waals surface area contributed by atoms with Crippen molar-refractivity contribution in [2.45, 2.75) is 31.3 Å². The van der Waals surface area contributed by atoms with Crippen molar-refractivity contribution >= 4 is 10.0 Å². The summed E-state index contributed by atoms with van der Waals surface area (Å²) in [6.45, 7) is 3.30. The molecule has 0 amide bonds. The number of hydrogen-bond acceptors (Lipinski definition) is 4. The van der Waals surface area contributed by atoms with Crippen LogP contribution in [0.2, 0.25) is 0 Å². The lowest BCUT2D eigenvalue weighted by molar-refractivity contribution is 0.213. The third kappa shape index (κ3) is 2.42. The number of nitrogens with one attached hydrogen (secondary N) is 1. The van der Waals surface area contributed by atoms with Crippen LogP contribution in [0, 0.1) is 0 Å². The van der Waals surface area contributed by atoms with Crippen molar-refractivity contribution in [3.63, 3.8) is 0 Å². The monoisotopic (exact) mass is 247 g/mol. The Morgan fingerprint density at radius 2 is 2.25 bits per heavy atom. The van der Waals surface area contributed by atoms with E-state index in [1.807, 2.05) is 6.92 Å². The molecule has 0 bridgehead atoms. The van der Waals surface area contributed by atoms with Crippen LogP contribution in [0.4, 0.5) is 0 Å². The molecule has 1 aromatic rings. The van der Waals surface area contributed by atoms with E-state index in [0.29, 0.717) is 12.2 Å². The first-order chi connectivity index (χ1) is 7.43. The molecule has 1 atom stereocenters. The second-order valence-corrected chi connectivity index (χ2v) is 5.57. The van der Waals surface area contributed by atoms with Gasteiger partial charge in [0, 0.05) is 19.5 Å². The average Bonchev–Trinajstić information content (AvgIpc) is 2.75. The Morgan fingerprint density at radius 3 is 2.69 bits per heavy atom. The Balaban J connectivity index is 3.01. The minimum absolute atomic E-state index is 0.0622. The van der Waals surface area contributed by atoms with Gasteiger partial charge < -0.3 is 10.1 Å². The molecule has 0 radical (unpaired) electrons. The van der Waals surface area contributed by atoms with Crippen LogP contribution >= 0.6 is 0 Å². The number of nitrogens with zero attached hydrogens (tertiary/aromatic N) is 2. The molecule has 0 fully saturated rings. The highest BCUT2D eigenvalue weighted by molar-refractivity contribution is 7.89. The van der Waals surface area contributed by atoms with E-state index in [1.165, 1.54) is 13.2 Å². The van der Waals surface area contributed by atoms with Crippen molar-refractivity contribution < 1.29 is 13.5 Å². The number of aromatic nitrogens is 2. The van der Waals surface area contributed by atoms with Crippen LogP contribution in [-0.4, -0.2) is 47.5 Å². The molecule has 0 aliphatic rings. The molecule has 0 spiro atoms. The fraction of sp³-hybridized carbons (Fsp3) is 0.667. The zero-order valence-corrected chi connectivity index (χ0v) is 10.5. The van der Waals surface area contributed by atoms with Crippen LogP contribution in [0.5, 0.6) is 0 Å². The molecule has 0 saturated heterocycles. The topological polar surface area (TPSA) is 86.3 Å². The van der Waals surface area contributed by atoms with Gasteiger partial charge in [-0.2, -0.15) is 4.31 Å². The maximum absolute atomic E-state index is 12.0. The van der Waals surface area contributed by atoms with Crippen LogP contribution in [0.3, 0.4) is 0 Å². The highest BCUT2D eigenvalue weighted by Crippen LogP contribution is 2.14. The van der Waals surface area contributed by atoms with Gasteiger partial charge in [0.15, 0.2) is 5.03 Å². The highest BCUT2D eigenvalue weighted by Gasteiger charge is 2.26. The van der Waals surface area contributed by atoms with Gasteiger partial charge in [-0.3, -0.25) is 0 Å². The molecule has 2 N–H and O–H groups in total. The molecule has 0 aliphatic carbocycles. The van der Waals surface area contributed by atoms with Gasteiger partial charge in [0.25, 0.3) is 10.0 Å². The Labute approximate surface area is 95.4 Å². The Morgan fingerprint density at radius 1 is 1.62 bits per heavy atom. The van der Waals surface area contributed by atoms with E-state index in [-0.39, 0.29) is 11.6 Å². The fourth-order valence-corrected chi connectivity index (χ4v) is 2.44. The standard InChI is InChI=1S/C9H17N3O3S/c1-4-8-10-5-9(11-8)16(14,15)12(3)7(2)6-13/h5,7,13H,4,6H2,1-3H3,(H,10,11). The summed E-state index contributed by atoms with van der Waals surface area (Å²) in [4.78, 5) is 6.69. The van der Waals surface area contributed by atoms with E-state index in [9.17, 15) is 8.42 Å². The predicted octanol–water partition coefficient (Wildman–Crippen LogP) is -0.0266. The molecular weight excluding hydrogens is 230 g/mol. The molecule has 0 aromatic carbocycles. The van der Waals surface area contributed by atoms with E-state index >= 15 is 0 Å². The maximum Gasteiger partial charge on any atom is 0.260 e. The molecule has 1 aromatic heterocycles. The van der Waals surface area contributed by atoms with Crippen molar-refractivity contribution in [3.8, 4) is 0 Å². The number of rotatable bonds is 5. The number of aliphatic hydroxyl groups is 1. The first-order valence-electron chi connectivity index (χ1n) is 5.06. The lowest BCUT2D eigenvalue weighted by Crippen LogP contribution is -2.37.